The predicted molar refractivity (Wildman–Crippen MR) is 120 cm³/mol. The molecule has 3 heterocycles. The molecule has 1 spiro atoms. The first-order valence-corrected chi connectivity index (χ1v) is 12.0. The first-order valence-electron chi connectivity index (χ1n) is 12.0. The Morgan fingerprint density at radius 1 is 1.10 bits per heavy atom. The molecule has 2 amide bonds. The number of fused-ring (bicyclic) bond motifs is 1. The van der Waals surface area contributed by atoms with E-state index in [-0.39, 0.29) is 17.4 Å². The molecule has 2 aliphatic heterocycles. The molecular weight excluding hydrogens is 390 g/mol. The lowest BCUT2D eigenvalue weighted by atomic mass is 9.77. The lowest BCUT2D eigenvalue weighted by molar-refractivity contribution is -0.138. The summed E-state index contributed by atoms with van der Waals surface area (Å²) < 4.78 is 5.49. The molecule has 170 valence electrons. The van der Waals surface area contributed by atoms with E-state index < -0.39 is 5.60 Å². The third-order valence-electron chi connectivity index (χ3n) is 7.07. The number of aromatic nitrogens is 1. The molecule has 0 unspecified atom stereocenters. The standard InChI is InChI=1S/C25H37N3O3/c1-24(2,3)31-23(30)28-17-13-25(14-18-28)12-16-27(22(25)29)15-6-8-20-11-10-19-7-4-5-9-21(19)26-20/h10-11H,4-9,12-18H2,1-3H3. The molecule has 6 nitrogen and oxygen atoms in total. The zero-order valence-corrected chi connectivity index (χ0v) is 19.4. The minimum absolute atomic E-state index is 0.262. The first-order chi connectivity index (χ1) is 14.8. The summed E-state index contributed by atoms with van der Waals surface area (Å²) in [7, 11) is 0. The molecule has 0 saturated carbocycles. The number of likely N-dealkylation sites (tertiary alicyclic amines) is 2. The van der Waals surface area contributed by atoms with Gasteiger partial charge in [0.1, 0.15) is 5.60 Å². The number of carbonyl (C=O) groups excluding carboxylic acids is 2. The first kappa shape index (κ1) is 22.1. The Labute approximate surface area is 186 Å². The van der Waals surface area contributed by atoms with Gasteiger partial charge < -0.3 is 14.5 Å². The summed E-state index contributed by atoms with van der Waals surface area (Å²) in [6, 6.07) is 4.43. The molecule has 4 rings (SSSR count). The third-order valence-corrected chi connectivity index (χ3v) is 7.07. The molecule has 0 aromatic carbocycles. The Morgan fingerprint density at radius 3 is 2.55 bits per heavy atom. The maximum atomic E-state index is 13.2. The molecule has 1 aliphatic carbocycles. The number of hydrogen-bond donors (Lipinski definition) is 0. The molecule has 2 saturated heterocycles. The van der Waals surface area contributed by atoms with Crippen LogP contribution in [-0.4, -0.2) is 58.6 Å². The molecule has 0 N–H and O–H groups in total. The molecule has 31 heavy (non-hydrogen) atoms. The monoisotopic (exact) mass is 427 g/mol. The Hall–Kier alpha value is -2.11. The van der Waals surface area contributed by atoms with Crippen molar-refractivity contribution in [2.75, 3.05) is 26.2 Å². The lowest BCUT2D eigenvalue weighted by Crippen LogP contribution is -2.48. The van der Waals surface area contributed by atoms with Crippen molar-refractivity contribution in [2.24, 2.45) is 5.41 Å². The van der Waals surface area contributed by atoms with Gasteiger partial charge in [0.25, 0.3) is 0 Å². The van der Waals surface area contributed by atoms with E-state index in [0.717, 1.165) is 57.3 Å². The topological polar surface area (TPSA) is 62.7 Å². The van der Waals surface area contributed by atoms with E-state index in [0.29, 0.717) is 13.1 Å². The van der Waals surface area contributed by atoms with Gasteiger partial charge in [-0.3, -0.25) is 9.78 Å². The Morgan fingerprint density at radius 2 is 1.81 bits per heavy atom. The van der Waals surface area contributed by atoms with Gasteiger partial charge in [0.05, 0.1) is 5.41 Å². The van der Waals surface area contributed by atoms with Crippen molar-refractivity contribution in [2.45, 2.75) is 84.2 Å². The van der Waals surface area contributed by atoms with Gasteiger partial charge in [0, 0.05) is 37.6 Å². The number of carbonyl (C=O) groups is 2. The summed E-state index contributed by atoms with van der Waals surface area (Å²) in [5.74, 6) is 0.287. The van der Waals surface area contributed by atoms with Crippen LogP contribution in [-0.2, 0) is 28.8 Å². The van der Waals surface area contributed by atoms with Gasteiger partial charge in [0.2, 0.25) is 5.91 Å². The van der Waals surface area contributed by atoms with Gasteiger partial charge >= 0.3 is 6.09 Å². The van der Waals surface area contributed by atoms with Crippen LogP contribution in [0, 0.1) is 5.41 Å². The second-order valence-corrected chi connectivity index (χ2v) is 10.5. The highest BCUT2D eigenvalue weighted by Crippen LogP contribution is 2.41. The smallest absolute Gasteiger partial charge is 0.410 e. The molecule has 6 heteroatoms. The van der Waals surface area contributed by atoms with E-state index in [9.17, 15) is 9.59 Å². The fraction of sp³-hybridized carbons (Fsp3) is 0.720. The summed E-state index contributed by atoms with van der Waals surface area (Å²) in [6.07, 6.45) is 8.82. The van der Waals surface area contributed by atoms with Crippen LogP contribution in [0.25, 0.3) is 0 Å². The van der Waals surface area contributed by atoms with Crippen molar-refractivity contribution < 1.29 is 14.3 Å². The van der Waals surface area contributed by atoms with Crippen LogP contribution in [0.4, 0.5) is 4.79 Å². The van der Waals surface area contributed by atoms with E-state index in [1.165, 1.54) is 30.5 Å². The Balaban J connectivity index is 1.25. The van der Waals surface area contributed by atoms with E-state index >= 15 is 0 Å². The number of amides is 2. The van der Waals surface area contributed by atoms with Gasteiger partial charge in [-0.05, 0) is 90.2 Å². The highest BCUT2D eigenvalue weighted by Gasteiger charge is 2.48. The fourth-order valence-corrected chi connectivity index (χ4v) is 5.23. The van der Waals surface area contributed by atoms with Gasteiger partial charge in [-0.1, -0.05) is 6.07 Å². The quantitative estimate of drug-likeness (QED) is 0.724. The molecule has 0 radical (unpaired) electrons. The number of pyridine rings is 1. The van der Waals surface area contributed by atoms with E-state index in [4.69, 9.17) is 9.72 Å². The average molecular weight is 428 g/mol. The Kier molecular flexibility index (Phi) is 6.27. The zero-order valence-electron chi connectivity index (χ0n) is 19.4. The average Bonchev–Trinajstić information content (AvgIpc) is 3.03. The molecule has 0 bridgehead atoms. The SMILES string of the molecule is CC(C)(C)OC(=O)N1CCC2(CC1)CCN(CCCc1ccc3c(n1)CCCC3)C2=O. The number of hydrogen-bond acceptors (Lipinski definition) is 4. The van der Waals surface area contributed by atoms with Crippen LogP contribution < -0.4 is 0 Å². The van der Waals surface area contributed by atoms with Gasteiger partial charge in [-0.25, -0.2) is 4.79 Å². The molecular formula is C25H37N3O3. The van der Waals surface area contributed by atoms with Crippen LogP contribution in [0.2, 0.25) is 0 Å². The van der Waals surface area contributed by atoms with E-state index in [1.54, 1.807) is 4.90 Å². The molecule has 0 atom stereocenters. The highest BCUT2D eigenvalue weighted by molar-refractivity contribution is 5.85. The second-order valence-electron chi connectivity index (χ2n) is 10.5. The van der Waals surface area contributed by atoms with Gasteiger partial charge in [-0.15, -0.1) is 0 Å². The van der Waals surface area contributed by atoms with Crippen LogP contribution in [0.1, 0.15) is 76.2 Å². The third kappa shape index (κ3) is 5.04. The van der Waals surface area contributed by atoms with Crippen molar-refractivity contribution >= 4 is 12.0 Å². The van der Waals surface area contributed by atoms with E-state index in [1.807, 2.05) is 25.7 Å². The highest BCUT2D eigenvalue weighted by atomic mass is 16.6. The number of rotatable bonds is 4. The van der Waals surface area contributed by atoms with Crippen LogP contribution in [0.15, 0.2) is 12.1 Å². The van der Waals surface area contributed by atoms with Crippen molar-refractivity contribution in [3.05, 3.63) is 29.1 Å². The Bertz CT molecular complexity index is 822. The number of aryl methyl sites for hydroxylation is 3. The summed E-state index contributed by atoms with van der Waals surface area (Å²) in [5.41, 5.74) is 3.11. The van der Waals surface area contributed by atoms with Gasteiger partial charge in [-0.2, -0.15) is 0 Å². The molecule has 3 aliphatic rings. The predicted octanol–water partition coefficient (Wildman–Crippen LogP) is 4.14. The normalized spacial score (nSPS) is 20.8. The minimum atomic E-state index is -0.487. The summed E-state index contributed by atoms with van der Waals surface area (Å²) in [4.78, 5) is 34.2. The zero-order chi connectivity index (χ0) is 22.1. The molecule has 2 fully saturated rings. The van der Waals surface area contributed by atoms with Crippen LogP contribution >= 0.6 is 0 Å². The number of ether oxygens (including phenoxy) is 1. The lowest BCUT2D eigenvalue weighted by Gasteiger charge is -2.38. The summed E-state index contributed by atoms with van der Waals surface area (Å²) in [5, 5.41) is 0. The largest absolute Gasteiger partial charge is 0.444 e. The van der Waals surface area contributed by atoms with Crippen LogP contribution in [0.3, 0.4) is 0 Å². The minimum Gasteiger partial charge on any atom is -0.444 e. The molecule has 1 aromatic heterocycles. The fourth-order valence-electron chi connectivity index (χ4n) is 5.23. The van der Waals surface area contributed by atoms with E-state index in [2.05, 4.69) is 12.1 Å². The maximum absolute atomic E-state index is 13.2. The van der Waals surface area contributed by atoms with Crippen LogP contribution in [0.5, 0.6) is 0 Å². The summed E-state index contributed by atoms with van der Waals surface area (Å²) in [6.45, 7) is 8.50. The van der Waals surface area contributed by atoms with Crippen molar-refractivity contribution in [3.8, 4) is 0 Å². The number of piperidine rings is 1. The van der Waals surface area contributed by atoms with Crippen molar-refractivity contribution in [3.63, 3.8) is 0 Å². The second kappa shape index (κ2) is 8.79. The summed E-state index contributed by atoms with van der Waals surface area (Å²) >= 11 is 0. The number of nitrogens with zero attached hydrogens (tertiary/aromatic N) is 3. The van der Waals surface area contributed by atoms with Crippen molar-refractivity contribution in [1.29, 1.82) is 0 Å². The van der Waals surface area contributed by atoms with Gasteiger partial charge in [0.15, 0.2) is 0 Å². The van der Waals surface area contributed by atoms with Crippen molar-refractivity contribution in [1.82, 2.24) is 14.8 Å². The molecule has 1 aromatic rings. The maximum Gasteiger partial charge on any atom is 0.410 e.